The summed E-state index contributed by atoms with van der Waals surface area (Å²) in [5.74, 6) is 0. The molecule has 0 fully saturated rings. The highest BCUT2D eigenvalue weighted by Gasteiger charge is 2.14. The van der Waals surface area contributed by atoms with E-state index in [1.165, 1.54) is 0 Å². The summed E-state index contributed by atoms with van der Waals surface area (Å²) in [6.07, 6.45) is 4.84. The first-order chi connectivity index (χ1) is 12.8. The molecule has 0 radical (unpaired) electrons. The summed E-state index contributed by atoms with van der Waals surface area (Å²) in [4.78, 5) is 6.89. The molecule has 3 nitrogen and oxygen atoms in total. The van der Waals surface area contributed by atoms with Crippen LogP contribution in [0.4, 0.5) is 0 Å². The first kappa shape index (κ1) is 22.6. The Morgan fingerprint density at radius 1 is 1.19 bits per heavy atom. The Balaban J connectivity index is 3.18. The van der Waals surface area contributed by atoms with Gasteiger partial charge in [0.1, 0.15) is 0 Å². The fourth-order valence-corrected chi connectivity index (χ4v) is 3.11. The van der Waals surface area contributed by atoms with Crippen molar-refractivity contribution < 1.29 is 0 Å². The van der Waals surface area contributed by atoms with Crippen molar-refractivity contribution in [1.82, 2.24) is 4.90 Å². The molecular formula is C24H33N3. The lowest BCUT2D eigenvalue weighted by Gasteiger charge is -2.17. The lowest BCUT2D eigenvalue weighted by Crippen LogP contribution is -2.20. The van der Waals surface area contributed by atoms with E-state index in [0.717, 1.165) is 65.9 Å². The average Bonchev–Trinajstić information content (AvgIpc) is 2.64. The van der Waals surface area contributed by atoms with Gasteiger partial charge in [0.2, 0.25) is 0 Å². The number of benzene rings is 1. The van der Waals surface area contributed by atoms with E-state index in [-0.39, 0.29) is 0 Å². The number of hydrogen-bond acceptors (Lipinski definition) is 3. The Labute approximate surface area is 165 Å². The van der Waals surface area contributed by atoms with Crippen LogP contribution >= 0.6 is 0 Å². The van der Waals surface area contributed by atoms with Gasteiger partial charge in [-0.2, -0.15) is 5.26 Å². The maximum atomic E-state index is 9.66. The molecule has 0 unspecified atom stereocenters. The van der Waals surface area contributed by atoms with E-state index in [4.69, 9.17) is 0 Å². The monoisotopic (exact) mass is 363 g/mol. The summed E-state index contributed by atoms with van der Waals surface area (Å²) in [5, 5.41) is 9.66. The Morgan fingerprint density at radius 3 is 2.44 bits per heavy atom. The van der Waals surface area contributed by atoms with Crippen molar-refractivity contribution in [2.24, 2.45) is 4.99 Å². The lowest BCUT2D eigenvalue weighted by molar-refractivity contribution is 0.332. The van der Waals surface area contributed by atoms with Gasteiger partial charge in [-0.05, 0) is 82.1 Å². The molecule has 0 amide bonds. The Morgan fingerprint density at radius 2 is 1.89 bits per heavy atom. The van der Waals surface area contributed by atoms with Crippen LogP contribution < -0.4 is 0 Å². The van der Waals surface area contributed by atoms with E-state index in [2.05, 4.69) is 55.7 Å². The van der Waals surface area contributed by atoms with Crippen molar-refractivity contribution in [3.05, 3.63) is 60.2 Å². The summed E-state index contributed by atoms with van der Waals surface area (Å²) < 4.78 is 0. The third-order valence-corrected chi connectivity index (χ3v) is 4.59. The molecular weight excluding hydrogens is 330 g/mol. The zero-order valence-electron chi connectivity index (χ0n) is 17.4. The molecule has 0 aliphatic heterocycles. The standard InChI is InChI=1S/C24H33N3/c1-8-12-26-20(6)24-16-23(21(17-25)15-22(24)18(3)4)19(5)11-10-14-27(7)13-9-2/h8,15-16H,1,3,5,9-14H2,2,4,6-7H3/b26-20-. The van der Waals surface area contributed by atoms with Gasteiger partial charge in [0.25, 0.3) is 0 Å². The minimum atomic E-state index is 0.571. The number of nitrogens with zero attached hydrogens (tertiary/aromatic N) is 3. The molecule has 0 bridgehead atoms. The number of allylic oxidation sites excluding steroid dienone is 2. The minimum absolute atomic E-state index is 0.571. The second-order valence-electron chi connectivity index (χ2n) is 7.06. The van der Waals surface area contributed by atoms with Gasteiger partial charge in [-0.15, -0.1) is 6.58 Å². The van der Waals surface area contributed by atoms with Crippen LogP contribution in [0.15, 0.2) is 42.9 Å². The van der Waals surface area contributed by atoms with Crippen LogP contribution in [-0.2, 0) is 0 Å². The van der Waals surface area contributed by atoms with Crippen LogP contribution in [0.2, 0.25) is 0 Å². The van der Waals surface area contributed by atoms with E-state index in [1.54, 1.807) is 6.08 Å². The van der Waals surface area contributed by atoms with E-state index in [1.807, 2.05) is 19.9 Å². The molecule has 3 heteroatoms. The fraction of sp³-hybridized carbons (Fsp3) is 0.417. The predicted octanol–water partition coefficient (Wildman–Crippen LogP) is 5.72. The van der Waals surface area contributed by atoms with Gasteiger partial charge in [0, 0.05) is 11.3 Å². The predicted molar refractivity (Wildman–Crippen MR) is 119 cm³/mol. The molecule has 27 heavy (non-hydrogen) atoms. The van der Waals surface area contributed by atoms with Gasteiger partial charge in [-0.1, -0.05) is 31.7 Å². The SMILES string of the molecule is C=CC/N=C(/C)c1cc(C(=C)CCCN(C)CCC)c(C#N)cc1C(=C)C. The quantitative estimate of drug-likeness (QED) is 0.372. The molecule has 1 rings (SSSR count). The molecule has 0 heterocycles. The second-order valence-corrected chi connectivity index (χ2v) is 7.06. The summed E-state index contributed by atoms with van der Waals surface area (Å²) >= 11 is 0. The van der Waals surface area contributed by atoms with Crippen LogP contribution in [0.1, 0.15) is 62.3 Å². The highest BCUT2D eigenvalue weighted by atomic mass is 15.1. The molecule has 144 valence electrons. The first-order valence-electron chi connectivity index (χ1n) is 9.58. The largest absolute Gasteiger partial charge is 0.306 e. The third-order valence-electron chi connectivity index (χ3n) is 4.59. The van der Waals surface area contributed by atoms with Crippen LogP contribution in [0.25, 0.3) is 11.1 Å². The van der Waals surface area contributed by atoms with Crippen LogP contribution in [0, 0.1) is 11.3 Å². The second kappa shape index (κ2) is 11.3. The van der Waals surface area contributed by atoms with Gasteiger partial charge in [-0.25, -0.2) is 0 Å². The topological polar surface area (TPSA) is 39.4 Å². The zero-order chi connectivity index (χ0) is 20.4. The smallest absolute Gasteiger partial charge is 0.0998 e. The number of nitriles is 1. The Kier molecular flexibility index (Phi) is 9.47. The molecule has 0 aromatic heterocycles. The summed E-state index contributed by atoms with van der Waals surface area (Å²) in [5.41, 5.74) is 6.41. The Hall–Kier alpha value is -2.44. The van der Waals surface area contributed by atoms with Gasteiger partial charge in [0.05, 0.1) is 18.2 Å². The molecule has 0 saturated heterocycles. The third kappa shape index (κ3) is 6.66. The van der Waals surface area contributed by atoms with Crippen molar-refractivity contribution in [3.63, 3.8) is 0 Å². The first-order valence-corrected chi connectivity index (χ1v) is 9.58. The van der Waals surface area contributed by atoms with Crippen molar-refractivity contribution in [2.75, 3.05) is 26.7 Å². The van der Waals surface area contributed by atoms with Crippen LogP contribution in [-0.4, -0.2) is 37.3 Å². The van der Waals surface area contributed by atoms with E-state index in [0.29, 0.717) is 12.1 Å². The van der Waals surface area contributed by atoms with Gasteiger partial charge in [0.15, 0.2) is 0 Å². The molecule has 0 aliphatic carbocycles. The average molecular weight is 364 g/mol. The molecule has 1 aromatic carbocycles. The lowest BCUT2D eigenvalue weighted by atomic mass is 9.89. The molecule has 0 saturated carbocycles. The number of rotatable bonds is 11. The number of aliphatic imine (C=N–C) groups is 1. The van der Waals surface area contributed by atoms with Crippen LogP contribution in [0.5, 0.6) is 0 Å². The van der Waals surface area contributed by atoms with Crippen molar-refractivity contribution in [1.29, 1.82) is 5.26 Å². The zero-order valence-corrected chi connectivity index (χ0v) is 17.4. The van der Waals surface area contributed by atoms with Crippen LogP contribution in [0.3, 0.4) is 0 Å². The minimum Gasteiger partial charge on any atom is -0.306 e. The normalized spacial score (nSPS) is 11.3. The van der Waals surface area contributed by atoms with Crippen molar-refractivity contribution >= 4 is 16.9 Å². The highest BCUT2D eigenvalue weighted by Crippen LogP contribution is 2.29. The fourth-order valence-electron chi connectivity index (χ4n) is 3.11. The van der Waals surface area contributed by atoms with E-state index in [9.17, 15) is 5.26 Å². The highest BCUT2D eigenvalue weighted by molar-refractivity contribution is 6.03. The van der Waals surface area contributed by atoms with E-state index >= 15 is 0 Å². The van der Waals surface area contributed by atoms with E-state index < -0.39 is 0 Å². The summed E-state index contributed by atoms with van der Waals surface area (Å²) in [6.45, 7) is 20.9. The summed E-state index contributed by atoms with van der Waals surface area (Å²) in [6, 6.07) is 6.32. The van der Waals surface area contributed by atoms with Gasteiger partial charge < -0.3 is 4.90 Å². The van der Waals surface area contributed by atoms with Gasteiger partial charge >= 0.3 is 0 Å². The summed E-state index contributed by atoms with van der Waals surface area (Å²) in [7, 11) is 2.14. The van der Waals surface area contributed by atoms with Crippen molar-refractivity contribution in [2.45, 2.75) is 40.0 Å². The number of hydrogen-bond donors (Lipinski definition) is 0. The molecule has 0 N–H and O–H groups in total. The Bertz CT molecular complexity index is 763. The molecule has 1 aromatic rings. The molecule has 0 aliphatic rings. The van der Waals surface area contributed by atoms with Gasteiger partial charge in [-0.3, -0.25) is 4.99 Å². The maximum Gasteiger partial charge on any atom is 0.0998 e. The van der Waals surface area contributed by atoms with Crippen molar-refractivity contribution in [3.8, 4) is 6.07 Å². The molecule has 0 spiro atoms. The maximum absolute atomic E-state index is 9.66. The molecule has 0 atom stereocenters.